The van der Waals surface area contributed by atoms with E-state index in [0.29, 0.717) is 5.92 Å². The predicted molar refractivity (Wildman–Crippen MR) is 69.8 cm³/mol. The number of rotatable bonds is 4. The molecule has 0 aliphatic carbocycles. The Balaban J connectivity index is 2.09. The van der Waals surface area contributed by atoms with Gasteiger partial charge in [-0.15, -0.1) is 0 Å². The lowest BCUT2D eigenvalue weighted by molar-refractivity contribution is 0.765. The fourth-order valence-electron chi connectivity index (χ4n) is 1.27. The minimum absolute atomic E-state index is 0.617. The molecule has 2 nitrogen and oxygen atoms in total. The highest BCUT2D eigenvalue weighted by Crippen LogP contribution is 2.21. The third-order valence-electron chi connectivity index (χ3n) is 2.18. The summed E-state index contributed by atoms with van der Waals surface area (Å²) in [5.41, 5.74) is 2.15. The van der Waals surface area contributed by atoms with Crippen LogP contribution < -0.4 is 0 Å². The number of fused-ring (bicyclic) bond motifs is 1. The Morgan fingerprint density at radius 2 is 2.27 bits per heavy atom. The van der Waals surface area contributed by atoms with Gasteiger partial charge in [0.15, 0.2) is 5.16 Å². The van der Waals surface area contributed by atoms with Crippen LogP contribution >= 0.6 is 24.4 Å². The number of thioether (sulfide) groups is 1. The Morgan fingerprint density at radius 3 is 3.00 bits per heavy atom. The molecule has 0 aliphatic rings. The monoisotopic (exact) mass is 238 g/mol. The zero-order valence-electron chi connectivity index (χ0n) is 8.60. The molecule has 1 atom stereocenters. The van der Waals surface area contributed by atoms with E-state index in [-0.39, 0.29) is 0 Å². The summed E-state index contributed by atoms with van der Waals surface area (Å²) in [7, 11) is 0. The number of nitrogens with zero attached hydrogens (tertiary/aromatic N) is 1. The van der Waals surface area contributed by atoms with Gasteiger partial charge >= 0.3 is 0 Å². The maximum absolute atomic E-state index is 4.50. The van der Waals surface area contributed by atoms with Gasteiger partial charge in [-0.2, -0.15) is 12.6 Å². The van der Waals surface area contributed by atoms with Gasteiger partial charge in [-0.25, -0.2) is 4.98 Å². The fourth-order valence-corrected chi connectivity index (χ4v) is 2.48. The maximum atomic E-state index is 4.50. The van der Waals surface area contributed by atoms with Crippen molar-refractivity contribution >= 4 is 35.4 Å². The molecular weight excluding hydrogens is 224 g/mol. The number of benzene rings is 1. The summed E-state index contributed by atoms with van der Waals surface area (Å²) in [6.45, 7) is 2.20. The molecule has 1 unspecified atom stereocenters. The highest BCUT2D eigenvalue weighted by Gasteiger charge is 2.05. The summed E-state index contributed by atoms with van der Waals surface area (Å²) >= 11 is 6.03. The van der Waals surface area contributed by atoms with E-state index in [1.807, 2.05) is 18.2 Å². The van der Waals surface area contributed by atoms with Gasteiger partial charge in [-0.3, -0.25) is 0 Å². The van der Waals surface area contributed by atoms with Gasteiger partial charge in [-0.05, 0) is 23.8 Å². The highest BCUT2D eigenvalue weighted by molar-refractivity contribution is 7.99. The van der Waals surface area contributed by atoms with Crippen molar-refractivity contribution in [1.29, 1.82) is 0 Å². The van der Waals surface area contributed by atoms with Crippen molar-refractivity contribution < 1.29 is 0 Å². The number of aromatic amines is 1. The molecule has 0 spiro atoms. The Kier molecular flexibility index (Phi) is 3.59. The Hall–Kier alpha value is -0.610. The molecule has 0 bridgehead atoms. The summed E-state index contributed by atoms with van der Waals surface area (Å²) in [5, 5.41) is 1.00. The number of nitrogens with one attached hydrogen (secondary N) is 1. The van der Waals surface area contributed by atoms with Crippen molar-refractivity contribution in [2.24, 2.45) is 5.92 Å². The molecule has 80 valence electrons. The van der Waals surface area contributed by atoms with Gasteiger partial charge < -0.3 is 4.98 Å². The molecule has 1 aromatic carbocycles. The smallest absolute Gasteiger partial charge is 0.166 e. The van der Waals surface area contributed by atoms with Crippen LogP contribution in [-0.4, -0.2) is 21.5 Å². The first-order valence-corrected chi connectivity index (χ1v) is 6.60. The second-order valence-corrected chi connectivity index (χ2v) is 5.03. The first kappa shape index (κ1) is 10.9. The fraction of sp³-hybridized carbons (Fsp3) is 0.364. The average molecular weight is 238 g/mol. The zero-order valence-corrected chi connectivity index (χ0v) is 10.3. The van der Waals surface area contributed by atoms with Gasteiger partial charge in [0.25, 0.3) is 0 Å². The van der Waals surface area contributed by atoms with Gasteiger partial charge in [0, 0.05) is 5.75 Å². The molecule has 0 saturated heterocycles. The second-order valence-electron chi connectivity index (χ2n) is 3.66. The average Bonchev–Trinajstić information content (AvgIpc) is 2.68. The number of hydrogen-bond acceptors (Lipinski definition) is 3. The number of thiol groups is 1. The summed E-state index contributed by atoms with van der Waals surface area (Å²) < 4.78 is 0. The first-order chi connectivity index (χ1) is 7.29. The number of para-hydroxylation sites is 2. The molecule has 0 saturated carbocycles. The molecule has 15 heavy (non-hydrogen) atoms. The largest absolute Gasteiger partial charge is 0.333 e. The van der Waals surface area contributed by atoms with E-state index in [2.05, 4.69) is 35.6 Å². The molecule has 0 radical (unpaired) electrons. The standard InChI is InChI=1S/C11H14N2S2/c1-8(6-14)7-15-11-12-9-4-2-3-5-10(9)13-11/h2-5,8,14H,6-7H2,1H3,(H,12,13). The molecule has 2 rings (SSSR count). The molecule has 2 aromatic rings. The van der Waals surface area contributed by atoms with E-state index in [9.17, 15) is 0 Å². The topological polar surface area (TPSA) is 28.7 Å². The molecule has 1 aromatic heterocycles. The van der Waals surface area contributed by atoms with Crippen molar-refractivity contribution in [2.45, 2.75) is 12.1 Å². The van der Waals surface area contributed by atoms with Crippen LogP contribution in [0.2, 0.25) is 0 Å². The van der Waals surface area contributed by atoms with Crippen LogP contribution in [0.4, 0.5) is 0 Å². The zero-order chi connectivity index (χ0) is 10.7. The summed E-state index contributed by atoms with van der Waals surface area (Å²) in [6.07, 6.45) is 0. The van der Waals surface area contributed by atoms with E-state index in [0.717, 1.165) is 27.7 Å². The number of H-pyrrole nitrogens is 1. The van der Waals surface area contributed by atoms with Crippen molar-refractivity contribution in [3.05, 3.63) is 24.3 Å². The maximum Gasteiger partial charge on any atom is 0.166 e. The van der Waals surface area contributed by atoms with Crippen LogP contribution in [-0.2, 0) is 0 Å². The third kappa shape index (κ3) is 2.69. The molecule has 4 heteroatoms. The molecule has 0 aliphatic heterocycles. The SMILES string of the molecule is CC(CS)CSc1nc2ccccc2[nH]1. The lowest BCUT2D eigenvalue weighted by atomic mass is 10.3. The van der Waals surface area contributed by atoms with Crippen LogP contribution in [0.5, 0.6) is 0 Å². The van der Waals surface area contributed by atoms with E-state index < -0.39 is 0 Å². The van der Waals surface area contributed by atoms with E-state index in [1.165, 1.54) is 0 Å². The Morgan fingerprint density at radius 1 is 1.47 bits per heavy atom. The minimum Gasteiger partial charge on any atom is -0.333 e. The lowest BCUT2D eigenvalue weighted by Crippen LogP contribution is -1.99. The van der Waals surface area contributed by atoms with E-state index >= 15 is 0 Å². The summed E-state index contributed by atoms with van der Waals surface area (Å²) in [4.78, 5) is 7.80. The van der Waals surface area contributed by atoms with E-state index in [4.69, 9.17) is 0 Å². The number of aromatic nitrogens is 2. The van der Waals surface area contributed by atoms with Crippen molar-refractivity contribution in [1.82, 2.24) is 9.97 Å². The molecular formula is C11H14N2S2. The quantitative estimate of drug-likeness (QED) is 0.632. The Bertz CT molecular complexity index is 406. The molecule has 0 fully saturated rings. The number of imidazole rings is 1. The molecule has 1 N–H and O–H groups in total. The first-order valence-electron chi connectivity index (χ1n) is 4.98. The van der Waals surface area contributed by atoms with Crippen LogP contribution in [0.3, 0.4) is 0 Å². The minimum atomic E-state index is 0.617. The second kappa shape index (κ2) is 4.94. The van der Waals surface area contributed by atoms with Gasteiger partial charge in [0.1, 0.15) is 0 Å². The van der Waals surface area contributed by atoms with E-state index in [1.54, 1.807) is 11.8 Å². The summed E-state index contributed by atoms with van der Waals surface area (Å²) in [5.74, 6) is 2.60. The van der Waals surface area contributed by atoms with Crippen molar-refractivity contribution in [3.63, 3.8) is 0 Å². The van der Waals surface area contributed by atoms with Crippen LogP contribution in [0.1, 0.15) is 6.92 Å². The van der Waals surface area contributed by atoms with Crippen LogP contribution in [0.15, 0.2) is 29.4 Å². The number of hydrogen-bond donors (Lipinski definition) is 2. The van der Waals surface area contributed by atoms with Crippen molar-refractivity contribution in [2.75, 3.05) is 11.5 Å². The lowest BCUT2D eigenvalue weighted by Gasteiger charge is -2.04. The molecule has 0 amide bonds. The van der Waals surface area contributed by atoms with Crippen LogP contribution in [0.25, 0.3) is 11.0 Å². The predicted octanol–water partition coefficient (Wildman–Crippen LogP) is 3.22. The highest BCUT2D eigenvalue weighted by atomic mass is 32.2. The summed E-state index contributed by atoms with van der Waals surface area (Å²) in [6, 6.07) is 8.10. The van der Waals surface area contributed by atoms with Gasteiger partial charge in [-0.1, -0.05) is 30.8 Å². The van der Waals surface area contributed by atoms with Crippen LogP contribution in [0, 0.1) is 5.92 Å². The molecule has 1 heterocycles. The Labute approximate surface area is 99.3 Å². The third-order valence-corrected chi connectivity index (χ3v) is 4.01. The van der Waals surface area contributed by atoms with Gasteiger partial charge in [0.05, 0.1) is 11.0 Å². The normalized spacial score (nSPS) is 13.2. The van der Waals surface area contributed by atoms with Gasteiger partial charge in [0.2, 0.25) is 0 Å². The van der Waals surface area contributed by atoms with Crippen molar-refractivity contribution in [3.8, 4) is 0 Å².